The zero-order valence-electron chi connectivity index (χ0n) is 16.9. The van der Waals surface area contributed by atoms with Gasteiger partial charge in [0.05, 0.1) is 39.4 Å². The molecule has 1 amide bonds. The average molecular weight is 466 g/mol. The quantitative estimate of drug-likeness (QED) is 0.582. The zero-order valence-corrected chi connectivity index (χ0v) is 17.7. The molecule has 3 aromatic rings. The van der Waals surface area contributed by atoms with Crippen LogP contribution in [0.25, 0.3) is 10.2 Å². The van der Waals surface area contributed by atoms with Gasteiger partial charge in [0.15, 0.2) is 0 Å². The first-order chi connectivity index (χ1) is 15.2. The van der Waals surface area contributed by atoms with Gasteiger partial charge in [-0.2, -0.15) is 13.2 Å². The van der Waals surface area contributed by atoms with E-state index < -0.39 is 23.5 Å². The largest absolute Gasteiger partial charge is 0.474 e. The first-order valence-electron chi connectivity index (χ1n) is 9.91. The number of halogens is 4. The summed E-state index contributed by atoms with van der Waals surface area (Å²) in [5.74, 6) is -1.04. The van der Waals surface area contributed by atoms with Crippen molar-refractivity contribution in [3.63, 3.8) is 0 Å². The van der Waals surface area contributed by atoms with Crippen molar-refractivity contribution in [2.75, 3.05) is 25.0 Å². The van der Waals surface area contributed by atoms with E-state index >= 15 is 0 Å². The van der Waals surface area contributed by atoms with Crippen LogP contribution in [0.2, 0.25) is 0 Å². The monoisotopic (exact) mass is 466 g/mol. The molecule has 1 aliphatic carbocycles. The molecule has 4 heterocycles. The standard InChI is InChI=1S/C21H18F4N4O2S/c1-26-19(30)14-8-32-18-15(21(23,24)25)3-16(28-17(14)18)31-13-4-20(5-13)9-29(10-20)12-2-11(22)6-27-7-12/h2-3,6-8,13H,4-5,9-10H2,1H3,(H,26,30). The normalized spacial score (nSPS) is 17.8. The first-order valence-corrected chi connectivity index (χ1v) is 10.8. The summed E-state index contributed by atoms with van der Waals surface area (Å²) in [6, 6.07) is 2.33. The Morgan fingerprint density at radius 3 is 2.69 bits per heavy atom. The van der Waals surface area contributed by atoms with E-state index in [1.807, 2.05) is 4.90 Å². The number of hydrogen-bond donors (Lipinski definition) is 1. The number of anilines is 1. The maximum Gasteiger partial charge on any atom is 0.418 e. The van der Waals surface area contributed by atoms with Crippen LogP contribution in [0.5, 0.6) is 5.88 Å². The fourth-order valence-electron chi connectivity index (χ4n) is 4.49. The Morgan fingerprint density at radius 2 is 2.03 bits per heavy atom. The lowest BCUT2D eigenvalue weighted by Gasteiger charge is -2.59. The van der Waals surface area contributed by atoms with Crippen molar-refractivity contribution in [2.24, 2.45) is 5.41 Å². The molecule has 0 bridgehead atoms. The molecule has 32 heavy (non-hydrogen) atoms. The van der Waals surface area contributed by atoms with Crippen LogP contribution in [0.3, 0.4) is 0 Å². The lowest BCUT2D eigenvalue weighted by Crippen LogP contribution is -2.64. The fourth-order valence-corrected chi connectivity index (χ4v) is 5.51. The van der Waals surface area contributed by atoms with Crippen molar-refractivity contribution in [3.05, 3.63) is 46.9 Å². The molecule has 1 spiro atoms. The number of carbonyl (C=O) groups is 1. The average Bonchev–Trinajstić information content (AvgIpc) is 3.10. The molecular formula is C21H18F4N4O2S. The molecule has 2 aliphatic rings. The minimum atomic E-state index is -4.60. The maximum atomic E-state index is 13.6. The van der Waals surface area contributed by atoms with Crippen LogP contribution in [-0.4, -0.2) is 42.1 Å². The van der Waals surface area contributed by atoms with Gasteiger partial charge in [0.2, 0.25) is 5.88 Å². The van der Waals surface area contributed by atoms with E-state index in [1.54, 1.807) is 6.20 Å². The van der Waals surface area contributed by atoms with Crippen LogP contribution in [0.15, 0.2) is 29.9 Å². The van der Waals surface area contributed by atoms with E-state index in [1.165, 1.54) is 18.5 Å². The van der Waals surface area contributed by atoms with Gasteiger partial charge in [-0.15, -0.1) is 11.3 Å². The Kier molecular flexibility index (Phi) is 4.77. The van der Waals surface area contributed by atoms with Crippen molar-refractivity contribution in [1.82, 2.24) is 15.3 Å². The molecule has 11 heteroatoms. The fraction of sp³-hybridized carbons (Fsp3) is 0.381. The van der Waals surface area contributed by atoms with E-state index in [-0.39, 0.29) is 33.2 Å². The number of carbonyl (C=O) groups excluding carboxylic acids is 1. The van der Waals surface area contributed by atoms with Crippen molar-refractivity contribution < 1.29 is 27.1 Å². The van der Waals surface area contributed by atoms with Gasteiger partial charge >= 0.3 is 6.18 Å². The molecule has 1 saturated carbocycles. The van der Waals surface area contributed by atoms with Crippen molar-refractivity contribution >= 4 is 33.1 Å². The predicted octanol–water partition coefficient (Wildman–Crippen LogP) is 4.26. The second kappa shape index (κ2) is 7.29. The Labute approximate surface area is 184 Å². The van der Waals surface area contributed by atoms with Gasteiger partial charge in [0, 0.05) is 43.1 Å². The minimum absolute atomic E-state index is 0.00355. The number of aromatic nitrogens is 2. The highest BCUT2D eigenvalue weighted by Gasteiger charge is 2.53. The third-order valence-corrected chi connectivity index (χ3v) is 7.00. The Bertz CT molecular complexity index is 1200. The van der Waals surface area contributed by atoms with Gasteiger partial charge in [0.25, 0.3) is 5.91 Å². The molecule has 1 aliphatic heterocycles. The van der Waals surface area contributed by atoms with Gasteiger partial charge in [-0.1, -0.05) is 0 Å². The molecule has 168 valence electrons. The molecule has 1 N–H and O–H groups in total. The molecular weight excluding hydrogens is 448 g/mol. The Morgan fingerprint density at radius 1 is 1.28 bits per heavy atom. The lowest BCUT2D eigenvalue weighted by molar-refractivity contribution is -0.136. The third-order valence-electron chi connectivity index (χ3n) is 5.99. The SMILES string of the molecule is CNC(=O)c1csc2c(C(F)(F)F)cc(OC3CC4(C3)CN(c3cncc(F)c3)C4)nc12. The summed E-state index contributed by atoms with van der Waals surface area (Å²) in [6.07, 6.45) is -0.785. The van der Waals surface area contributed by atoms with Crippen LogP contribution in [0.1, 0.15) is 28.8 Å². The van der Waals surface area contributed by atoms with E-state index in [9.17, 15) is 22.4 Å². The zero-order chi connectivity index (χ0) is 22.7. The van der Waals surface area contributed by atoms with Crippen LogP contribution in [0, 0.1) is 11.2 Å². The van der Waals surface area contributed by atoms with E-state index in [0.717, 1.165) is 23.6 Å². The van der Waals surface area contributed by atoms with Crippen LogP contribution in [0.4, 0.5) is 23.2 Å². The number of hydrogen-bond acceptors (Lipinski definition) is 6. The number of nitrogens with one attached hydrogen (secondary N) is 1. The Balaban J connectivity index is 1.32. The van der Waals surface area contributed by atoms with Crippen LogP contribution < -0.4 is 15.0 Å². The summed E-state index contributed by atoms with van der Waals surface area (Å²) < 4.78 is 60.0. The smallest absolute Gasteiger partial charge is 0.418 e. The van der Waals surface area contributed by atoms with Crippen LogP contribution in [-0.2, 0) is 6.18 Å². The second-order valence-corrected chi connectivity index (χ2v) is 9.16. The summed E-state index contributed by atoms with van der Waals surface area (Å²) in [6.45, 7) is 1.42. The molecule has 5 rings (SSSR count). The number of fused-ring (bicyclic) bond motifs is 1. The highest BCUT2D eigenvalue weighted by Crippen LogP contribution is 2.51. The number of ether oxygens (including phenoxy) is 1. The molecule has 0 unspecified atom stereocenters. The van der Waals surface area contributed by atoms with Crippen molar-refractivity contribution in [2.45, 2.75) is 25.1 Å². The van der Waals surface area contributed by atoms with Gasteiger partial charge in [-0.05, 0) is 12.8 Å². The molecule has 1 saturated heterocycles. The first kappa shape index (κ1) is 20.9. The van der Waals surface area contributed by atoms with Gasteiger partial charge < -0.3 is 15.0 Å². The molecule has 0 radical (unpaired) electrons. The van der Waals surface area contributed by atoms with Gasteiger partial charge in [-0.25, -0.2) is 9.37 Å². The molecule has 6 nitrogen and oxygen atoms in total. The lowest BCUT2D eigenvalue weighted by atomic mass is 9.61. The van der Waals surface area contributed by atoms with E-state index in [4.69, 9.17) is 4.74 Å². The number of alkyl halides is 3. The van der Waals surface area contributed by atoms with E-state index in [0.29, 0.717) is 31.6 Å². The molecule has 3 aromatic heterocycles. The molecule has 0 aromatic carbocycles. The summed E-state index contributed by atoms with van der Waals surface area (Å²) in [5, 5.41) is 3.79. The topological polar surface area (TPSA) is 67.3 Å². The third kappa shape index (κ3) is 3.54. The summed E-state index contributed by atoms with van der Waals surface area (Å²) in [7, 11) is 1.41. The second-order valence-electron chi connectivity index (χ2n) is 8.28. The summed E-state index contributed by atoms with van der Waals surface area (Å²) >= 11 is 0.834. The molecule has 0 atom stereocenters. The Hall–Kier alpha value is -2.95. The highest BCUT2D eigenvalue weighted by molar-refractivity contribution is 7.17. The maximum absolute atomic E-state index is 13.6. The number of rotatable bonds is 4. The number of amides is 1. The summed E-state index contributed by atoms with van der Waals surface area (Å²) in [5.41, 5.74) is -0.0708. The molecule has 2 fully saturated rings. The van der Waals surface area contributed by atoms with Crippen molar-refractivity contribution in [3.8, 4) is 5.88 Å². The van der Waals surface area contributed by atoms with Gasteiger partial charge in [0.1, 0.15) is 11.9 Å². The number of thiophene rings is 1. The van der Waals surface area contributed by atoms with E-state index in [2.05, 4.69) is 15.3 Å². The predicted molar refractivity (Wildman–Crippen MR) is 111 cm³/mol. The van der Waals surface area contributed by atoms with Crippen LogP contribution >= 0.6 is 11.3 Å². The summed E-state index contributed by atoms with van der Waals surface area (Å²) in [4.78, 5) is 22.2. The van der Waals surface area contributed by atoms with Crippen molar-refractivity contribution in [1.29, 1.82) is 0 Å². The minimum Gasteiger partial charge on any atom is -0.474 e. The highest BCUT2D eigenvalue weighted by atomic mass is 32.1. The number of pyridine rings is 2. The van der Waals surface area contributed by atoms with Gasteiger partial charge in [-0.3, -0.25) is 9.78 Å². The number of nitrogens with zero attached hydrogens (tertiary/aromatic N) is 3.